The molecule has 0 atom stereocenters. The number of nitrogens with zero attached hydrogens (tertiary/aromatic N) is 1. The molecule has 0 aromatic carbocycles. The van der Waals surface area contributed by atoms with Gasteiger partial charge in [-0.15, -0.1) is 11.3 Å². The van der Waals surface area contributed by atoms with Crippen LogP contribution in [0.2, 0.25) is 0 Å². The van der Waals surface area contributed by atoms with Gasteiger partial charge in [-0.3, -0.25) is 0 Å². The molecule has 0 spiro atoms. The Hall–Kier alpha value is -0.410. The zero-order valence-electron chi connectivity index (χ0n) is 11.4. The van der Waals surface area contributed by atoms with Crippen molar-refractivity contribution < 1.29 is 0 Å². The summed E-state index contributed by atoms with van der Waals surface area (Å²) in [6.07, 6.45) is 5.11. The van der Waals surface area contributed by atoms with Gasteiger partial charge in [0.05, 0.1) is 5.54 Å². The van der Waals surface area contributed by atoms with Crippen molar-refractivity contribution in [3.63, 3.8) is 0 Å². The maximum Gasteiger partial charge on any atom is 0.113 e. The summed E-state index contributed by atoms with van der Waals surface area (Å²) in [4.78, 5) is 4.74. The molecule has 2 rings (SSSR count). The first kappa shape index (κ1) is 13.0. The number of nitrogens with one attached hydrogen (secondary N) is 1. The van der Waals surface area contributed by atoms with Crippen molar-refractivity contribution in [1.29, 1.82) is 0 Å². The fourth-order valence-corrected chi connectivity index (χ4v) is 3.82. The van der Waals surface area contributed by atoms with Crippen molar-refractivity contribution in [2.45, 2.75) is 65.0 Å². The largest absolute Gasteiger partial charge is 0.303 e. The van der Waals surface area contributed by atoms with Crippen molar-refractivity contribution in [3.05, 3.63) is 16.1 Å². The molecule has 0 amide bonds. The maximum absolute atomic E-state index is 4.74. The number of aromatic nitrogens is 1. The van der Waals surface area contributed by atoms with Gasteiger partial charge < -0.3 is 5.32 Å². The van der Waals surface area contributed by atoms with Crippen molar-refractivity contribution in [2.75, 3.05) is 0 Å². The SMILES string of the molecule is Cc1csc(C2(NC(C)C)CCC(C)CC2)n1. The van der Waals surface area contributed by atoms with Gasteiger partial charge in [-0.1, -0.05) is 6.92 Å². The minimum absolute atomic E-state index is 0.152. The lowest BCUT2D eigenvalue weighted by Crippen LogP contribution is -2.48. The molecule has 2 nitrogen and oxygen atoms in total. The van der Waals surface area contributed by atoms with Crippen LogP contribution >= 0.6 is 11.3 Å². The van der Waals surface area contributed by atoms with E-state index >= 15 is 0 Å². The minimum Gasteiger partial charge on any atom is -0.303 e. The van der Waals surface area contributed by atoms with Crippen LogP contribution in [0.5, 0.6) is 0 Å². The molecule has 0 unspecified atom stereocenters. The van der Waals surface area contributed by atoms with Crippen LogP contribution in [0.1, 0.15) is 57.2 Å². The molecule has 1 aliphatic rings. The Morgan fingerprint density at radius 3 is 2.53 bits per heavy atom. The maximum atomic E-state index is 4.74. The van der Waals surface area contributed by atoms with E-state index in [4.69, 9.17) is 4.98 Å². The van der Waals surface area contributed by atoms with Crippen LogP contribution in [0.4, 0.5) is 0 Å². The predicted octanol–water partition coefficient (Wildman–Crippen LogP) is 3.85. The van der Waals surface area contributed by atoms with Gasteiger partial charge in [-0.25, -0.2) is 4.98 Å². The molecule has 96 valence electrons. The second-order valence-electron chi connectivity index (χ2n) is 5.86. The third-order valence-corrected chi connectivity index (χ3v) is 4.89. The normalized spacial score (nSPS) is 29.8. The van der Waals surface area contributed by atoms with E-state index in [0.29, 0.717) is 6.04 Å². The lowest BCUT2D eigenvalue weighted by molar-refractivity contribution is 0.183. The van der Waals surface area contributed by atoms with Crippen LogP contribution in [-0.2, 0) is 5.54 Å². The molecule has 1 aromatic heterocycles. The minimum atomic E-state index is 0.152. The molecule has 1 heterocycles. The highest BCUT2D eigenvalue weighted by Crippen LogP contribution is 2.40. The summed E-state index contributed by atoms with van der Waals surface area (Å²) >= 11 is 1.82. The third-order valence-electron chi connectivity index (χ3n) is 3.72. The topological polar surface area (TPSA) is 24.9 Å². The van der Waals surface area contributed by atoms with Crippen LogP contribution in [0.15, 0.2) is 5.38 Å². The smallest absolute Gasteiger partial charge is 0.113 e. The number of aryl methyl sites for hydroxylation is 1. The Morgan fingerprint density at radius 1 is 1.41 bits per heavy atom. The number of hydrogen-bond acceptors (Lipinski definition) is 3. The van der Waals surface area contributed by atoms with E-state index in [2.05, 4.69) is 38.4 Å². The molecular formula is C14H24N2S. The Kier molecular flexibility index (Phi) is 3.88. The molecule has 0 aliphatic heterocycles. The summed E-state index contributed by atoms with van der Waals surface area (Å²) in [6.45, 7) is 8.93. The summed E-state index contributed by atoms with van der Waals surface area (Å²) < 4.78 is 0. The van der Waals surface area contributed by atoms with Crippen LogP contribution in [-0.4, -0.2) is 11.0 Å². The highest BCUT2D eigenvalue weighted by molar-refractivity contribution is 7.09. The zero-order valence-corrected chi connectivity index (χ0v) is 12.2. The Morgan fingerprint density at radius 2 is 2.06 bits per heavy atom. The fraction of sp³-hybridized carbons (Fsp3) is 0.786. The van der Waals surface area contributed by atoms with E-state index in [0.717, 1.165) is 11.6 Å². The van der Waals surface area contributed by atoms with Crippen molar-refractivity contribution in [3.8, 4) is 0 Å². The predicted molar refractivity (Wildman–Crippen MR) is 74.4 cm³/mol. The molecule has 0 saturated heterocycles. The second-order valence-corrected chi connectivity index (χ2v) is 6.72. The monoisotopic (exact) mass is 252 g/mol. The Labute approximate surface area is 109 Å². The summed E-state index contributed by atoms with van der Waals surface area (Å²) in [7, 11) is 0. The summed E-state index contributed by atoms with van der Waals surface area (Å²) in [5.41, 5.74) is 1.31. The van der Waals surface area contributed by atoms with Gasteiger partial charge in [0.15, 0.2) is 0 Å². The average Bonchev–Trinajstić information content (AvgIpc) is 2.69. The van der Waals surface area contributed by atoms with Gasteiger partial charge in [0.25, 0.3) is 0 Å². The van der Waals surface area contributed by atoms with E-state index in [9.17, 15) is 0 Å². The number of hydrogen-bond donors (Lipinski definition) is 1. The van der Waals surface area contributed by atoms with Gasteiger partial charge in [-0.2, -0.15) is 0 Å². The molecule has 3 heteroatoms. The van der Waals surface area contributed by atoms with Crippen LogP contribution in [0.3, 0.4) is 0 Å². The highest BCUT2D eigenvalue weighted by atomic mass is 32.1. The zero-order chi connectivity index (χ0) is 12.5. The van der Waals surface area contributed by atoms with Gasteiger partial charge in [0.1, 0.15) is 5.01 Å². The van der Waals surface area contributed by atoms with Crippen LogP contribution < -0.4 is 5.32 Å². The lowest BCUT2D eigenvalue weighted by atomic mass is 9.77. The quantitative estimate of drug-likeness (QED) is 0.883. The molecule has 0 bridgehead atoms. The van der Waals surface area contributed by atoms with Gasteiger partial charge in [0, 0.05) is 17.1 Å². The van der Waals surface area contributed by atoms with E-state index in [1.54, 1.807) is 0 Å². The molecule has 17 heavy (non-hydrogen) atoms. The first-order valence-corrected chi connectivity index (χ1v) is 7.60. The average molecular weight is 252 g/mol. The molecular weight excluding hydrogens is 228 g/mol. The second kappa shape index (κ2) is 5.07. The van der Waals surface area contributed by atoms with Crippen molar-refractivity contribution in [2.24, 2.45) is 5.92 Å². The molecule has 1 aliphatic carbocycles. The van der Waals surface area contributed by atoms with Crippen molar-refractivity contribution >= 4 is 11.3 Å². The molecule has 0 radical (unpaired) electrons. The number of thiazole rings is 1. The van der Waals surface area contributed by atoms with E-state index in [-0.39, 0.29) is 5.54 Å². The summed E-state index contributed by atoms with van der Waals surface area (Å²) in [6, 6.07) is 0.521. The first-order valence-electron chi connectivity index (χ1n) is 6.72. The summed E-state index contributed by atoms with van der Waals surface area (Å²) in [5, 5.41) is 7.27. The molecule has 1 saturated carbocycles. The molecule has 1 aromatic rings. The van der Waals surface area contributed by atoms with Crippen molar-refractivity contribution in [1.82, 2.24) is 10.3 Å². The van der Waals surface area contributed by atoms with E-state index in [1.165, 1.54) is 30.7 Å². The van der Waals surface area contributed by atoms with E-state index in [1.807, 2.05) is 11.3 Å². The van der Waals surface area contributed by atoms with Crippen LogP contribution in [0.25, 0.3) is 0 Å². The van der Waals surface area contributed by atoms with E-state index < -0.39 is 0 Å². The molecule has 1 fully saturated rings. The summed E-state index contributed by atoms with van der Waals surface area (Å²) in [5.74, 6) is 0.873. The molecule has 1 N–H and O–H groups in total. The van der Waals surface area contributed by atoms with Gasteiger partial charge >= 0.3 is 0 Å². The standard InChI is InChI=1S/C14H24N2S/c1-10(2)16-14(7-5-11(3)6-8-14)13-15-12(4)9-17-13/h9-11,16H,5-8H2,1-4H3. The first-order chi connectivity index (χ1) is 8.02. The lowest BCUT2D eigenvalue weighted by Gasteiger charge is -2.40. The highest BCUT2D eigenvalue weighted by Gasteiger charge is 2.38. The Bertz CT molecular complexity index is 362. The van der Waals surface area contributed by atoms with Crippen LogP contribution in [0, 0.1) is 12.8 Å². The fourth-order valence-electron chi connectivity index (χ4n) is 2.80. The third kappa shape index (κ3) is 2.89. The van der Waals surface area contributed by atoms with Gasteiger partial charge in [0.2, 0.25) is 0 Å². The van der Waals surface area contributed by atoms with Gasteiger partial charge in [-0.05, 0) is 52.4 Å². The number of rotatable bonds is 3. The Balaban J connectivity index is 2.24.